The lowest BCUT2D eigenvalue weighted by molar-refractivity contribution is -0.119. The normalized spacial score (nSPS) is 15.1. The number of amides is 1. The number of H-pyrrole nitrogens is 1. The Morgan fingerprint density at radius 3 is 2.50 bits per heavy atom. The number of carbonyl (C=O) groups excluding carboxylic acids is 2. The molecule has 1 amide bonds. The highest BCUT2D eigenvalue weighted by Gasteiger charge is 2.28. The summed E-state index contributed by atoms with van der Waals surface area (Å²) in [6.45, 7) is 6.90. The largest absolute Gasteiger partial charge is 0.461 e. The molecule has 1 aromatic heterocycles. The van der Waals surface area contributed by atoms with E-state index in [2.05, 4.69) is 34.1 Å². The van der Waals surface area contributed by atoms with E-state index >= 15 is 0 Å². The van der Waals surface area contributed by atoms with Gasteiger partial charge in [0.2, 0.25) is 5.91 Å². The van der Waals surface area contributed by atoms with E-state index in [1.807, 2.05) is 36.1 Å². The molecule has 0 spiro atoms. The Kier molecular flexibility index (Phi) is 6.90. The van der Waals surface area contributed by atoms with Crippen LogP contribution in [0.4, 0.5) is 5.69 Å². The van der Waals surface area contributed by atoms with Crippen molar-refractivity contribution in [3.8, 4) is 0 Å². The van der Waals surface area contributed by atoms with Gasteiger partial charge in [-0.1, -0.05) is 43.3 Å². The number of benzene rings is 2. The van der Waals surface area contributed by atoms with Crippen molar-refractivity contribution in [3.05, 3.63) is 65.9 Å². The van der Waals surface area contributed by atoms with E-state index in [4.69, 9.17) is 4.74 Å². The highest BCUT2D eigenvalue weighted by molar-refractivity contribution is 5.99. The van der Waals surface area contributed by atoms with Crippen LogP contribution in [0.25, 0.3) is 10.9 Å². The molecular weight excluding hydrogens is 402 g/mol. The van der Waals surface area contributed by atoms with Crippen molar-refractivity contribution >= 4 is 28.5 Å². The SMILES string of the molecule is CCOC(=O)c1cc2ccc(N(C(=O)CC)C3CCN(Cc4ccccc4)CC3)cc2[nH]1. The number of likely N-dealkylation sites (tertiary alicyclic amines) is 1. The first-order valence-corrected chi connectivity index (χ1v) is 11.5. The van der Waals surface area contributed by atoms with Crippen molar-refractivity contribution < 1.29 is 14.3 Å². The molecule has 1 N–H and O–H groups in total. The van der Waals surface area contributed by atoms with E-state index in [9.17, 15) is 9.59 Å². The third-order valence-corrected chi connectivity index (χ3v) is 6.12. The van der Waals surface area contributed by atoms with Crippen LogP contribution in [0.5, 0.6) is 0 Å². The van der Waals surface area contributed by atoms with Crippen LogP contribution in [0, 0.1) is 0 Å². The Bertz CT molecular complexity index is 1070. The average Bonchev–Trinajstić information content (AvgIpc) is 3.25. The zero-order valence-corrected chi connectivity index (χ0v) is 18.8. The minimum Gasteiger partial charge on any atom is -0.461 e. The Labute approximate surface area is 189 Å². The first-order valence-electron chi connectivity index (χ1n) is 11.5. The van der Waals surface area contributed by atoms with Crippen LogP contribution in [0.15, 0.2) is 54.6 Å². The molecule has 0 atom stereocenters. The van der Waals surface area contributed by atoms with E-state index in [1.165, 1.54) is 5.56 Å². The first kappa shape index (κ1) is 22.1. The number of hydrogen-bond acceptors (Lipinski definition) is 4. The second kappa shape index (κ2) is 10.0. The fraction of sp³-hybridized carbons (Fsp3) is 0.385. The molecule has 2 heterocycles. The Morgan fingerprint density at radius 1 is 1.06 bits per heavy atom. The maximum absolute atomic E-state index is 12.9. The number of fused-ring (bicyclic) bond motifs is 1. The highest BCUT2D eigenvalue weighted by Crippen LogP contribution is 2.29. The molecule has 2 aromatic carbocycles. The summed E-state index contributed by atoms with van der Waals surface area (Å²) < 4.78 is 5.10. The van der Waals surface area contributed by atoms with Gasteiger partial charge < -0.3 is 14.6 Å². The van der Waals surface area contributed by atoms with Gasteiger partial charge in [0, 0.05) is 48.7 Å². The molecule has 32 heavy (non-hydrogen) atoms. The lowest BCUT2D eigenvalue weighted by atomic mass is 10.0. The van der Waals surface area contributed by atoms with Crippen LogP contribution in [0.1, 0.15) is 49.2 Å². The van der Waals surface area contributed by atoms with Gasteiger partial charge >= 0.3 is 5.97 Å². The standard InChI is InChI=1S/C26H31N3O3/c1-3-25(30)29(21-12-14-28(15-13-21)18-19-8-6-5-7-9-19)22-11-10-20-16-24(26(31)32-4-2)27-23(20)17-22/h5-11,16-17,21,27H,3-4,12-15,18H2,1-2H3. The molecule has 1 aliphatic rings. The van der Waals surface area contributed by atoms with Gasteiger partial charge in [-0.3, -0.25) is 9.69 Å². The van der Waals surface area contributed by atoms with E-state index in [0.717, 1.165) is 49.1 Å². The van der Waals surface area contributed by atoms with Crippen LogP contribution in [0.3, 0.4) is 0 Å². The molecule has 6 nitrogen and oxygen atoms in total. The Balaban J connectivity index is 1.50. The second-order valence-corrected chi connectivity index (χ2v) is 8.29. The van der Waals surface area contributed by atoms with Crippen LogP contribution in [-0.4, -0.2) is 47.5 Å². The van der Waals surface area contributed by atoms with Gasteiger partial charge in [0.05, 0.1) is 6.61 Å². The van der Waals surface area contributed by atoms with Gasteiger partial charge in [0.15, 0.2) is 0 Å². The highest BCUT2D eigenvalue weighted by atomic mass is 16.5. The number of anilines is 1. The Hall–Kier alpha value is -3.12. The fourth-order valence-electron chi connectivity index (χ4n) is 4.49. The molecule has 0 bridgehead atoms. The number of aromatic amines is 1. The average molecular weight is 434 g/mol. The number of aromatic nitrogens is 1. The van der Waals surface area contributed by atoms with E-state index < -0.39 is 0 Å². The number of carbonyl (C=O) groups is 2. The lowest BCUT2D eigenvalue weighted by Crippen LogP contribution is -2.47. The molecule has 4 rings (SSSR count). The van der Waals surface area contributed by atoms with Gasteiger partial charge in [0.25, 0.3) is 0 Å². The lowest BCUT2D eigenvalue weighted by Gasteiger charge is -2.38. The van der Waals surface area contributed by atoms with Crippen molar-refractivity contribution in [2.45, 2.75) is 45.7 Å². The predicted molar refractivity (Wildman–Crippen MR) is 127 cm³/mol. The van der Waals surface area contributed by atoms with Crippen molar-refractivity contribution in [2.75, 3.05) is 24.6 Å². The zero-order chi connectivity index (χ0) is 22.5. The van der Waals surface area contributed by atoms with Crippen molar-refractivity contribution in [1.29, 1.82) is 0 Å². The van der Waals surface area contributed by atoms with Gasteiger partial charge in [0.1, 0.15) is 5.69 Å². The number of ether oxygens (including phenoxy) is 1. The summed E-state index contributed by atoms with van der Waals surface area (Å²) in [4.78, 5) is 32.6. The maximum atomic E-state index is 12.9. The third-order valence-electron chi connectivity index (χ3n) is 6.12. The monoisotopic (exact) mass is 433 g/mol. The van der Waals surface area contributed by atoms with Gasteiger partial charge in [-0.05, 0) is 43.5 Å². The quantitative estimate of drug-likeness (QED) is 0.546. The smallest absolute Gasteiger partial charge is 0.354 e. The molecule has 6 heteroatoms. The van der Waals surface area contributed by atoms with Crippen molar-refractivity contribution in [2.24, 2.45) is 0 Å². The molecule has 0 saturated carbocycles. The van der Waals surface area contributed by atoms with Gasteiger partial charge in [-0.2, -0.15) is 0 Å². The molecule has 0 radical (unpaired) electrons. The minimum atomic E-state index is -0.363. The molecule has 3 aromatic rings. The van der Waals surface area contributed by atoms with E-state index in [1.54, 1.807) is 13.0 Å². The molecule has 1 aliphatic heterocycles. The number of hydrogen-bond donors (Lipinski definition) is 1. The van der Waals surface area contributed by atoms with Gasteiger partial charge in [-0.25, -0.2) is 4.79 Å². The number of esters is 1. The summed E-state index contributed by atoms with van der Waals surface area (Å²) >= 11 is 0. The summed E-state index contributed by atoms with van der Waals surface area (Å²) in [5, 5.41) is 0.929. The molecule has 168 valence electrons. The second-order valence-electron chi connectivity index (χ2n) is 8.29. The number of piperidine rings is 1. The summed E-state index contributed by atoms with van der Waals surface area (Å²) in [6, 6.07) is 18.4. The van der Waals surface area contributed by atoms with Gasteiger partial charge in [-0.15, -0.1) is 0 Å². The van der Waals surface area contributed by atoms with E-state index in [-0.39, 0.29) is 17.9 Å². The van der Waals surface area contributed by atoms with Crippen LogP contribution >= 0.6 is 0 Å². The van der Waals surface area contributed by atoms with Crippen LogP contribution in [0.2, 0.25) is 0 Å². The van der Waals surface area contributed by atoms with E-state index in [0.29, 0.717) is 18.7 Å². The molecule has 1 saturated heterocycles. The maximum Gasteiger partial charge on any atom is 0.354 e. The van der Waals surface area contributed by atoms with Crippen molar-refractivity contribution in [1.82, 2.24) is 9.88 Å². The number of rotatable bonds is 7. The number of nitrogens with zero attached hydrogens (tertiary/aromatic N) is 2. The summed E-state index contributed by atoms with van der Waals surface area (Å²) in [6.07, 6.45) is 2.34. The summed E-state index contributed by atoms with van der Waals surface area (Å²) in [5.41, 5.74) is 3.47. The summed E-state index contributed by atoms with van der Waals surface area (Å²) in [5.74, 6) is -0.236. The zero-order valence-electron chi connectivity index (χ0n) is 18.8. The van der Waals surface area contributed by atoms with Crippen molar-refractivity contribution in [3.63, 3.8) is 0 Å². The first-order chi connectivity index (χ1) is 15.6. The fourth-order valence-corrected chi connectivity index (χ4v) is 4.49. The molecule has 0 unspecified atom stereocenters. The van der Waals surface area contributed by atoms with Crippen LogP contribution < -0.4 is 4.90 Å². The minimum absolute atomic E-state index is 0.128. The third kappa shape index (κ3) is 4.86. The topological polar surface area (TPSA) is 65.6 Å². The molecule has 1 fully saturated rings. The molecular formula is C26H31N3O3. The molecule has 0 aliphatic carbocycles. The van der Waals surface area contributed by atoms with Crippen LogP contribution in [-0.2, 0) is 16.1 Å². The number of nitrogens with one attached hydrogen (secondary N) is 1. The predicted octanol–water partition coefficient (Wildman–Crippen LogP) is 4.75. The Morgan fingerprint density at radius 2 is 1.81 bits per heavy atom. The summed E-state index contributed by atoms with van der Waals surface area (Å²) in [7, 11) is 0.